The third-order valence-corrected chi connectivity index (χ3v) is 4.68. The monoisotopic (exact) mass is 433 g/mol. The van der Waals surface area contributed by atoms with Crippen LogP contribution in [0, 0.1) is 20.2 Å². The van der Waals surface area contributed by atoms with Crippen LogP contribution in [0.25, 0.3) is 0 Å². The molecule has 0 saturated heterocycles. The van der Waals surface area contributed by atoms with Gasteiger partial charge in [0.1, 0.15) is 5.75 Å². The summed E-state index contributed by atoms with van der Waals surface area (Å²) in [7, 11) is 0. The molecule has 3 aromatic rings. The molecule has 0 bridgehead atoms. The third kappa shape index (κ3) is 3.54. The first-order valence-corrected chi connectivity index (χ1v) is 9.00. The van der Waals surface area contributed by atoms with Gasteiger partial charge >= 0.3 is 5.97 Å². The van der Waals surface area contributed by atoms with E-state index in [0.29, 0.717) is 0 Å². The summed E-state index contributed by atoms with van der Waals surface area (Å²) in [6.07, 6.45) is 0. The number of nitro groups is 2. The highest BCUT2D eigenvalue weighted by Crippen LogP contribution is 2.30. The molecule has 4 rings (SSSR count). The van der Waals surface area contributed by atoms with Crippen LogP contribution in [0.5, 0.6) is 5.75 Å². The molecule has 0 spiro atoms. The van der Waals surface area contributed by atoms with Gasteiger partial charge in [-0.05, 0) is 36.4 Å². The van der Waals surface area contributed by atoms with Crippen molar-refractivity contribution in [2.45, 2.75) is 0 Å². The number of non-ortho nitro benzene ring substituents is 2. The summed E-state index contributed by atoms with van der Waals surface area (Å²) in [6.45, 7) is 0. The SMILES string of the molecule is O=C(Oc1cccc([N+](=O)[O-])c1)c1ccc2c(c1)C(=O)N(c1ccc([N+](=O)[O-])cc1)C2=O. The maximum absolute atomic E-state index is 12.8. The molecular weight excluding hydrogens is 422 g/mol. The molecule has 1 aliphatic heterocycles. The van der Waals surface area contributed by atoms with Crippen LogP contribution in [0.3, 0.4) is 0 Å². The number of hydrogen-bond donors (Lipinski definition) is 0. The second-order valence-electron chi connectivity index (χ2n) is 6.62. The number of rotatable bonds is 5. The zero-order valence-corrected chi connectivity index (χ0v) is 16.0. The Morgan fingerprint density at radius 2 is 1.44 bits per heavy atom. The smallest absolute Gasteiger partial charge is 0.343 e. The van der Waals surface area contributed by atoms with Crippen molar-refractivity contribution in [3.63, 3.8) is 0 Å². The molecule has 11 nitrogen and oxygen atoms in total. The molecule has 158 valence electrons. The summed E-state index contributed by atoms with van der Waals surface area (Å²) in [6, 6.07) is 13.7. The van der Waals surface area contributed by atoms with Gasteiger partial charge in [-0.1, -0.05) is 6.07 Å². The molecule has 0 radical (unpaired) electrons. The molecule has 0 aliphatic carbocycles. The number of ether oxygens (including phenoxy) is 1. The molecule has 11 heteroatoms. The van der Waals surface area contributed by atoms with Crippen LogP contribution in [0.2, 0.25) is 0 Å². The Morgan fingerprint density at radius 3 is 2.09 bits per heavy atom. The fraction of sp³-hybridized carbons (Fsp3) is 0. The Morgan fingerprint density at radius 1 is 0.781 bits per heavy atom. The maximum atomic E-state index is 12.8. The van der Waals surface area contributed by atoms with Crippen molar-refractivity contribution in [3.8, 4) is 5.75 Å². The number of amides is 2. The first-order chi connectivity index (χ1) is 15.3. The largest absolute Gasteiger partial charge is 0.423 e. The molecule has 0 aromatic heterocycles. The van der Waals surface area contributed by atoms with Crippen molar-refractivity contribution in [3.05, 3.63) is 104 Å². The second-order valence-corrected chi connectivity index (χ2v) is 6.62. The van der Waals surface area contributed by atoms with E-state index in [2.05, 4.69) is 0 Å². The van der Waals surface area contributed by atoms with Crippen molar-refractivity contribution < 1.29 is 29.0 Å². The number of carbonyl (C=O) groups is 3. The second kappa shape index (κ2) is 7.72. The van der Waals surface area contributed by atoms with Gasteiger partial charge in [0.2, 0.25) is 0 Å². The number of carbonyl (C=O) groups excluding carboxylic acids is 3. The molecule has 1 heterocycles. The van der Waals surface area contributed by atoms with E-state index in [9.17, 15) is 34.6 Å². The molecule has 1 aliphatic rings. The van der Waals surface area contributed by atoms with E-state index in [1.54, 1.807) is 0 Å². The van der Waals surface area contributed by atoms with E-state index in [0.717, 1.165) is 11.0 Å². The zero-order valence-electron chi connectivity index (χ0n) is 16.0. The Kier molecular flexibility index (Phi) is 4.91. The van der Waals surface area contributed by atoms with Crippen molar-refractivity contribution in [1.29, 1.82) is 0 Å². The van der Waals surface area contributed by atoms with Gasteiger partial charge < -0.3 is 4.74 Å². The van der Waals surface area contributed by atoms with E-state index in [4.69, 9.17) is 4.74 Å². The lowest BCUT2D eigenvalue weighted by molar-refractivity contribution is -0.385. The van der Waals surface area contributed by atoms with Gasteiger partial charge in [-0.25, -0.2) is 9.69 Å². The molecule has 32 heavy (non-hydrogen) atoms. The molecule has 0 unspecified atom stereocenters. The zero-order chi connectivity index (χ0) is 23.0. The molecule has 0 fully saturated rings. The fourth-order valence-electron chi connectivity index (χ4n) is 3.15. The number of nitrogens with zero attached hydrogens (tertiary/aromatic N) is 3. The lowest BCUT2D eigenvalue weighted by Gasteiger charge is -2.13. The third-order valence-electron chi connectivity index (χ3n) is 4.68. The molecule has 0 atom stereocenters. The summed E-state index contributed by atoms with van der Waals surface area (Å²) in [5.74, 6) is -2.27. The predicted octanol–water partition coefficient (Wildman–Crippen LogP) is 3.52. The van der Waals surface area contributed by atoms with Crippen molar-refractivity contribution in [1.82, 2.24) is 0 Å². The first-order valence-electron chi connectivity index (χ1n) is 9.00. The Labute approximate surface area is 178 Å². The molecule has 0 saturated carbocycles. The van der Waals surface area contributed by atoms with Crippen LogP contribution in [0.1, 0.15) is 31.1 Å². The summed E-state index contributed by atoms with van der Waals surface area (Å²) >= 11 is 0. The van der Waals surface area contributed by atoms with Crippen LogP contribution in [0.15, 0.2) is 66.7 Å². The van der Waals surface area contributed by atoms with Crippen molar-refractivity contribution in [2.24, 2.45) is 0 Å². The van der Waals surface area contributed by atoms with Gasteiger partial charge in [0.15, 0.2) is 0 Å². The van der Waals surface area contributed by atoms with Crippen LogP contribution in [0.4, 0.5) is 17.1 Å². The minimum atomic E-state index is -0.873. The van der Waals surface area contributed by atoms with E-state index in [-0.39, 0.29) is 39.5 Å². The quantitative estimate of drug-likeness (QED) is 0.195. The number of nitro benzene ring substituents is 2. The molecular formula is C21H11N3O8. The topological polar surface area (TPSA) is 150 Å². The van der Waals surface area contributed by atoms with Crippen LogP contribution < -0.4 is 9.64 Å². The van der Waals surface area contributed by atoms with Gasteiger partial charge in [0.25, 0.3) is 23.2 Å². The number of esters is 1. The van der Waals surface area contributed by atoms with E-state index >= 15 is 0 Å². The fourth-order valence-corrected chi connectivity index (χ4v) is 3.15. The van der Waals surface area contributed by atoms with Gasteiger partial charge in [-0.15, -0.1) is 0 Å². The summed E-state index contributed by atoms with van der Waals surface area (Å²) in [4.78, 5) is 59.3. The van der Waals surface area contributed by atoms with E-state index in [1.165, 1.54) is 60.7 Å². The normalized spacial score (nSPS) is 12.4. The number of imide groups is 1. The lowest BCUT2D eigenvalue weighted by Crippen LogP contribution is -2.29. The number of anilines is 1. The number of hydrogen-bond acceptors (Lipinski definition) is 8. The average molecular weight is 433 g/mol. The molecule has 3 aromatic carbocycles. The van der Waals surface area contributed by atoms with Crippen molar-refractivity contribution >= 4 is 34.8 Å². The van der Waals surface area contributed by atoms with Crippen LogP contribution in [-0.2, 0) is 0 Å². The minimum absolute atomic E-state index is 0.0399. The van der Waals surface area contributed by atoms with Gasteiger partial charge in [-0.3, -0.25) is 29.8 Å². The first kappa shape index (κ1) is 20.3. The van der Waals surface area contributed by atoms with Crippen molar-refractivity contribution in [2.75, 3.05) is 4.90 Å². The summed E-state index contributed by atoms with van der Waals surface area (Å²) < 4.78 is 5.14. The van der Waals surface area contributed by atoms with Gasteiger partial charge in [0.05, 0.1) is 38.3 Å². The molecule has 0 N–H and O–H groups in total. The van der Waals surface area contributed by atoms with E-state index < -0.39 is 27.6 Å². The summed E-state index contributed by atoms with van der Waals surface area (Å²) in [5, 5.41) is 21.7. The Bertz CT molecular complexity index is 1320. The highest BCUT2D eigenvalue weighted by Gasteiger charge is 2.37. The highest BCUT2D eigenvalue weighted by molar-refractivity contribution is 6.34. The Hall–Kier alpha value is -4.93. The van der Waals surface area contributed by atoms with Crippen LogP contribution in [-0.4, -0.2) is 27.6 Å². The average Bonchev–Trinajstić information content (AvgIpc) is 3.03. The number of benzene rings is 3. The number of fused-ring (bicyclic) bond motifs is 1. The van der Waals surface area contributed by atoms with Crippen LogP contribution >= 0.6 is 0 Å². The standard InChI is InChI=1S/C21H11N3O8/c25-19-17-9-4-12(21(27)32-16-3-1-2-15(11-16)24(30)31)10-18(17)20(26)22(19)13-5-7-14(8-6-13)23(28)29/h1-11H. The minimum Gasteiger partial charge on any atom is -0.423 e. The Balaban J connectivity index is 1.60. The summed E-state index contributed by atoms with van der Waals surface area (Å²) in [5.41, 5.74) is -0.341. The maximum Gasteiger partial charge on any atom is 0.343 e. The van der Waals surface area contributed by atoms with Gasteiger partial charge in [-0.2, -0.15) is 0 Å². The lowest BCUT2D eigenvalue weighted by atomic mass is 10.1. The molecule has 2 amide bonds. The highest BCUT2D eigenvalue weighted by atomic mass is 16.6. The predicted molar refractivity (Wildman–Crippen MR) is 109 cm³/mol. The van der Waals surface area contributed by atoms with E-state index in [1.807, 2.05) is 0 Å². The van der Waals surface area contributed by atoms with Gasteiger partial charge in [0, 0.05) is 18.2 Å².